The molecule has 0 saturated carbocycles. The predicted octanol–water partition coefficient (Wildman–Crippen LogP) is 0.810. The van der Waals surface area contributed by atoms with Crippen molar-refractivity contribution in [1.82, 2.24) is 15.1 Å². The van der Waals surface area contributed by atoms with Gasteiger partial charge in [0, 0.05) is 45.2 Å². The Morgan fingerprint density at radius 1 is 1.45 bits per heavy atom. The Hall–Kier alpha value is -1.30. The highest BCUT2D eigenvalue weighted by molar-refractivity contribution is 5.80. The summed E-state index contributed by atoms with van der Waals surface area (Å²) in [5.41, 5.74) is 0. The number of carbonyl (C=O) groups is 1. The van der Waals surface area contributed by atoms with Crippen molar-refractivity contribution in [3.63, 3.8) is 0 Å². The van der Waals surface area contributed by atoms with Crippen LogP contribution in [-0.2, 0) is 4.79 Å². The number of amides is 1. The zero-order valence-electron chi connectivity index (χ0n) is 13.9. The van der Waals surface area contributed by atoms with Crippen molar-refractivity contribution in [2.75, 3.05) is 32.7 Å². The van der Waals surface area contributed by atoms with E-state index in [4.69, 9.17) is 4.99 Å². The summed E-state index contributed by atoms with van der Waals surface area (Å²) >= 11 is 0. The SMILES string of the molecule is CCNC(=NCCC(CC)N1CCCC1=O)N1CC[C@@H](O)C1. The monoisotopic (exact) mass is 310 g/mol. The molecule has 0 aromatic heterocycles. The maximum Gasteiger partial charge on any atom is 0.222 e. The fourth-order valence-corrected chi connectivity index (χ4v) is 3.31. The van der Waals surface area contributed by atoms with Gasteiger partial charge in [0.05, 0.1) is 6.10 Å². The van der Waals surface area contributed by atoms with E-state index in [9.17, 15) is 9.90 Å². The van der Waals surface area contributed by atoms with Crippen LogP contribution in [0.3, 0.4) is 0 Å². The Morgan fingerprint density at radius 2 is 2.27 bits per heavy atom. The first-order chi connectivity index (χ1) is 10.7. The second kappa shape index (κ2) is 8.36. The van der Waals surface area contributed by atoms with E-state index in [1.807, 2.05) is 4.90 Å². The normalized spacial score (nSPS) is 24.2. The molecule has 0 aromatic carbocycles. The standard InChI is InChI=1S/C16H30N4O2/c1-3-13(20-10-5-6-15(20)22)7-9-18-16(17-4-2)19-11-8-14(21)12-19/h13-14,21H,3-12H2,1-2H3,(H,17,18)/t13?,14-/m1/s1. The van der Waals surface area contributed by atoms with E-state index in [2.05, 4.69) is 24.1 Å². The highest BCUT2D eigenvalue weighted by Gasteiger charge is 2.27. The summed E-state index contributed by atoms with van der Waals surface area (Å²) in [5, 5.41) is 13.0. The van der Waals surface area contributed by atoms with Crippen LogP contribution in [0, 0.1) is 0 Å². The van der Waals surface area contributed by atoms with Crippen molar-refractivity contribution in [3.05, 3.63) is 0 Å². The summed E-state index contributed by atoms with van der Waals surface area (Å²) in [6, 6.07) is 0.311. The lowest BCUT2D eigenvalue weighted by Gasteiger charge is -2.27. The van der Waals surface area contributed by atoms with Gasteiger partial charge in [-0.2, -0.15) is 0 Å². The zero-order chi connectivity index (χ0) is 15.9. The molecule has 0 radical (unpaired) electrons. The minimum absolute atomic E-state index is 0.241. The third-order valence-corrected chi connectivity index (χ3v) is 4.54. The molecular formula is C16H30N4O2. The lowest BCUT2D eigenvalue weighted by molar-refractivity contribution is -0.129. The molecule has 22 heavy (non-hydrogen) atoms. The van der Waals surface area contributed by atoms with Crippen LogP contribution in [0.5, 0.6) is 0 Å². The molecule has 1 unspecified atom stereocenters. The van der Waals surface area contributed by atoms with Gasteiger partial charge in [-0.1, -0.05) is 6.92 Å². The van der Waals surface area contributed by atoms with Crippen molar-refractivity contribution in [2.45, 2.75) is 58.1 Å². The van der Waals surface area contributed by atoms with E-state index >= 15 is 0 Å². The third-order valence-electron chi connectivity index (χ3n) is 4.54. The van der Waals surface area contributed by atoms with Gasteiger partial charge < -0.3 is 20.2 Å². The molecule has 2 saturated heterocycles. The molecule has 1 amide bonds. The average Bonchev–Trinajstić information content (AvgIpc) is 3.11. The maximum atomic E-state index is 11.9. The van der Waals surface area contributed by atoms with Crippen LogP contribution in [0.25, 0.3) is 0 Å². The number of likely N-dealkylation sites (tertiary alicyclic amines) is 2. The predicted molar refractivity (Wildman–Crippen MR) is 87.8 cm³/mol. The van der Waals surface area contributed by atoms with E-state index < -0.39 is 0 Å². The van der Waals surface area contributed by atoms with Crippen molar-refractivity contribution in [1.29, 1.82) is 0 Å². The average molecular weight is 310 g/mol. The second-order valence-electron chi connectivity index (χ2n) is 6.17. The molecule has 2 fully saturated rings. The molecule has 126 valence electrons. The van der Waals surface area contributed by atoms with Crippen LogP contribution in [-0.4, -0.2) is 71.6 Å². The molecular weight excluding hydrogens is 280 g/mol. The molecule has 2 N–H and O–H groups in total. The summed E-state index contributed by atoms with van der Waals surface area (Å²) in [4.78, 5) is 20.7. The highest BCUT2D eigenvalue weighted by atomic mass is 16.3. The summed E-state index contributed by atoms with van der Waals surface area (Å²) in [6.45, 7) is 8.16. The third kappa shape index (κ3) is 4.35. The summed E-state index contributed by atoms with van der Waals surface area (Å²) < 4.78 is 0. The van der Waals surface area contributed by atoms with Gasteiger partial charge >= 0.3 is 0 Å². The first kappa shape index (κ1) is 17.1. The van der Waals surface area contributed by atoms with Gasteiger partial charge in [-0.3, -0.25) is 9.79 Å². The zero-order valence-corrected chi connectivity index (χ0v) is 13.9. The molecule has 6 nitrogen and oxygen atoms in total. The first-order valence-electron chi connectivity index (χ1n) is 8.66. The Bertz CT molecular complexity index is 400. The largest absolute Gasteiger partial charge is 0.391 e. The van der Waals surface area contributed by atoms with Crippen molar-refractivity contribution in [3.8, 4) is 0 Å². The summed E-state index contributed by atoms with van der Waals surface area (Å²) in [5.74, 6) is 1.19. The lowest BCUT2D eigenvalue weighted by Crippen LogP contribution is -2.41. The number of β-amino-alcohol motifs (C(OH)–C–C–N with tert-alkyl or cyclic N) is 1. The van der Waals surface area contributed by atoms with Gasteiger partial charge in [0.2, 0.25) is 5.91 Å². The summed E-state index contributed by atoms with van der Waals surface area (Å²) in [6.07, 6.45) is 4.16. The number of aliphatic imine (C=N–C) groups is 1. The minimum atomic E-state index is -0.241. The quantitative estimate of drug-likeness (QED) is 0.563. The molecule has 2 rings (SSSR count). The molecule has 2 heterocycles. The van der Waals surface area contributed by atoms with Gasteiger partial charge in [0.15, 0.2) is 5.96 Å². The van der Waals surface area contributed by atoms with Crippen LogP contribution < -0.4 is 5.32 Å². The molecule has 2 aliphatic heterocycles. The van der Waals surface area contributed by atoms with E-state index in [0.717, 1.165) is 57.8 Å². The Labute approximate surface area is 133 Å². The van der Waals surface area contributed by atoms with Gasteiger partial charge in [0.1, 0.15) is 0 Å². The first-order valence-corrected chi connectivity index (χ1v) is 8.66. The fourth-order valence-electron chi connectivity index (χ4n) is 3.31. The van der Waals surface area contributed by atoms with Crippen molar-refractivity contribution >= 4 is 11.9 Å². The molecule has 2 atom stereocenters. The number of hydrogen-bond donors (Lipinski definition) is 2. The van der Waals surface area contributed by atoms with Crippen LogP contribution in [0.15, 0.2) is 4.99 Å². The van der Waals surface area contributed by atoms with Crippen LogP contribution in [0.1, 0.15) is 46.0 Å². The van der Waals surface area contributed by atoms with Gasteiger partial charge in [-0.05, 0) is 32.6 Å². The highest BCUT2D eigenvalue weighted by Crippen LogP contribution is 2.18. The number of aliphatic hydroxyl groups is 1. The lowest BCUT2D eigenvalue weighted by atomic mass is 10.1. The van der Waals surface area contributed by atoms with Crippen LogP contribution in [0.2, 0.25) is 0 Å². The number of aliphatic hydroxyl groups excluding tert-OH is 1. The Morgan fingerprint density at radius 3 is 2.82 bits per heavy atom. The van der Waals surface area contributed by atoms with Gasteiger partial charge in [-0.25, -0.2) is 0 Å². The van der Waals surface area contributed by atoms with E-state index in [-0.39, 0.29) is 6.10 Å². The molecule has 2 aliphatic rings. The maximum absolute atomic E-state index is 11.9. The minimum Gasteiger partial charge on any atom is -0.391 e. The smallest absolute Gasteiger partial charge is 0.222 e. The number of guanidine groups is 1. The molecule has 0 bridgehead atoms. The van der Waals surface area contributed by atoms with Crippen LogP contribution in [0.4, 0.5) is 0 Å². The number of rotatable bonds is 6. The number of nitrogens with zero attached hydrogens (tertiary/aromatic N) is 3. The van der Waals surface area contributed by atoms with Crippen LogP contribution >= 0.6 is 0 Å². The number of hydrogen-bond acceptors (Lipinski definition) is 3. The van der Waals surface area contributed by atoms with E-state index in [0.29, 0.717) is 24.9 Å². The number of nitrogens with one attached hydrogen (secondary N) is 1. The van der Waals surface area contributed by atoms with E-state index in [1.54, 1.807) is 0 Å². The van der Waals surface area contributed by atoms with Gasteiger partial charge in [-0.15, -0.1) is 0 Å². The molecule has 0 aromatic rings. The number of carbonyl (C=O) groups excluding carboxylic acids is 1. The summed E-state index contributed by atoms with van der Waals surface area (Å²) in [7, 11) is 0. The fraction of sp³-hybridized carbons (Fsp3) is 0.875. The molecule has 6 heteroatoms. The van der Waals surface area contributed by atoms with E-state index in [1.165, 1.54) is 0 Å². The van der Waals surface area contributed by atoms with Gasteiger partial charge in [0.25, 0.3) is 0 Å². The topological polar surface area (TPSA) is 68.2 Å². The molecule has 0 spiro atoms. The second-order valence-corrected chi connectivity index (χ2v) is 6.17. The van der Waals surface area contributed by atoms with Crippen molar-refractivity contribution < 1.29 is 9.90 Å². The Balaban J connectivity index is 1.88. The molecule has 0 aliphatic carbocycles. The van der Waals surface area contributed by atoms with Crippen molar-refractivity contribution in [2.24, 2.45) is 4.99 Å². The Kier molecular flexibility index (Phi) is 6.49.